The average molecular weight is 283 g/mol. The largest absolute Gasteiger partial charge is 0.397 e. The Morgan fingerprint density at radius 3 is 2.90 bits per heavy atom. The summed E-state index contributed by atoms with van der Waals surface area (Å²) in [5.74, 6) is 0.175. The molecule has 0 bridgehead atoms. The summed E-state index contributed by atoms with van der Waals surface area (Å²) in [6, 6.07) is 7.45. The number of rotatable bonds is 2. The topological polar surface area (TPSA) is 68.0 Å². The predicted octanol–water partition coefficient (Wildman–Crippen LogP) is 3.58. The van der Waals surface area contributed by atoms with E-state index in [9.17, 15) is 4.79 Å². The maximum atomic E-state index is 12.6. The molecule has 0 saturated heterocycles. The predicted molar refractivity (Wildman–Crippen MR) is 85.9 cm³/mol. The molecule has 3 rings (SSSR count). The van der Waals surface area contributed by atoms with Crippen LogP contribution in [0.4, 0.5) is 11.4 Å². The normalized spacial score (nSPS) is 20.6. The van der Waals surface area contributed by atoms with Crippen molar-refractivity contribution in [1.29, 1.82) is 0 Å². The van der Waals surface area contributed by atoms with Crippen LogP contribution in [0.5, 0.6) is 0 Å². The number of nitrogen functional groups attached to an aromatic ring is 1. The summed E-state index contributed by atoms with van der Waals surface area (Å²) in [6.45, 7) is 4.35. The summed E-state index contributed by atoms with van der Waals surface area (Å²) in [4.78, 5) is 16.9. The first-order chi connectivity index (χ1) is 9.99. The zero-order valence-corrected chi connectivity index (χ0v) is 12.5. The van der Waals surface area contributed by atoms with E-state index in [1.807, 2.05) is 18.2 Å². The average Bonchev–Trinajstić information content (AvgIpc) is 2.82. The Balaban J connectivity index is 1.92. The van der Waals surface area contributed by atoms with Crippen LogP contribution in [0.15, 0.2) is 30.5 Å². The fourth-order valence-electron chi connectivity index (χ4n) is 3.34. The number of hydrogen-bond donors (Lipinski definition) is 2. The van der Waals surface area contributed by atoms with E-state index in [4.69, 9.17) is 5.73 Å². The first-order valence-electron chi connectivity index (χ1n) is 7.43. The third-order valence-electron chi connectivity index (χ3n) is 4.63. The maximum absolute atomic E-state index is 12.6. The van der Waals surface area contributed by atoms with Crippen LogP contribution in [-0.2, 0) is 4.79 Å². The van der Waals surface area contributed by atoms with Gasteiger partial charge in [0, 0.05) is 17.5 Å². The first kappa shape index (κ1) is 13.9. The zero-order chi connectivity index (χ0) is 15.0. The minimum atomic E-state index is 0.0711. The molecule has 21 heavy (non-hydrogen) atoms. The number of hydrogen-bond acceptors (Lipinski definition) is 3. The van der Waals surface area contributed by atoms with Gasteiger partial charge in [-0.2, -0.15) is 0 Å². The highest BCUT2D eigenvalue weighted by molar-refractivity contribution is 6.05. The van der Waals surface area contributed by atoms with Crippen molar-refractivity contribution in [1.82, 2.24) is 4.98 Å². The van der Waals surface area contributed by atoms with Gasteiger partial charge in [-0.05, 0) is 42.5 Å². The van der Waals surface area contributed by atoms with Gasteiger partial charge in [-0.15, -0.1) is 0 Å². The lowest BCUT2D eigenvalue weighted by Crippen LogP contribution is -2.30. The van der Waals surface area contributed by atoms with Gasteiger partial charge in [0.2, 0.25) is 5.91 Å². The fraction of sp³-hybridized carbons (Fsp3) is 0.412. The van der Waals surface area contributed by atoms with E-state index in [0.29, 0.717) is 5.69 Å². The van der Waals surface area contributed by atoms with Crippen LogP contribution in [0.2, 0.25) is 0 Å². The lowest BCUT2D eigenvalue weighted by molar-refractivity contribution is -0.122. The molecule has 1 aromatic carbocycles. The van der Waals surface area contributed by atoms with E-state index in [2.05, 4.69) is 24.1 Å². The Hall–Kier alpha value is -2.10. The lowest BCUT2D eigenvalue weighted by atomic mass is 9.81. The van der Waals surface area contributed by atoms with Crippen LogP contribution in [0.3, 0.4) is 0 Å². The Morgan fingerprint density at radius 2 is 2.19 bits per heavy atom. The Kier molecular flexibility index (Phi) is 3.32. The van der Waals surface area contributed by atoms with Crippen molar-refractivity contribution >= 4 is 28.2 Å². The van der Waals surface area contributed by atoms with E-state index in [-0.39, 0.29) is 17.2 Å². The summed E-state index contributed by atoms with van der Waals surface area (Å²) in [7, 11) is 0. The molecule has 1 unspecified atom stereocenters. The minimum Gasteiger partial charge on any atom is -0.397 e. The molecular weight excluding hydrogens is 262 g/mol. The number of nitrogens with one attached hydrogen (secondary N) is 1. The highest BCUT2D eigenvalue weighted by Gasteiger charge is 2.39. The van der Waals surface area contributed by atoms with Crippen molar-refractivity contribution in [2.24, 2.45) is 11.3 Å². The maximum Gasteiger partial charge on any atom is 0.228 e. The molecule has 1 amide bonds. The quantitative estimate of drug-likeness (QED) is 0.828. The summed E-state index contributed by atoms with van der Waals surface area (Å²) < 4.78 is 0. The molecule has 1 atom stereocenters. The molecule has 1 heterocycles. The van der Waals surface area contributed by atoms with E-state index in [1.54, 1.807) is 12.3 Å². The second-order valence-electron chi connectivity index (χ2n) is 6.52. The van der Waals surface area contributed by atoms with Gasteiger partial charge in [-0.3, -0.25) is 9.78 Å². The molecule has 1 saturated carbocycles. The molecule has 1 aromatic heterocycles. The smallest absolute Gasteiger partial charge is 0.228 e. The van der Waals surface area contributed by atoms with Gasteiger partial charge in [0.25, 0.3) is 0 Å². The van der Waals surface area contributed by atoms with Gasteiger partial charge < -0.3 is 11.1 Å². The highest BCUT2D eigenvalue weighted by Crippen LogP contribution is 2.43. The van der Waals surface area contributed by atoms with Crippen molar-refractivity contribution in [2.45, 2.75) is 33.1 Å². The highest BCUT2D eigenvalue weighted by atomic mass is 16.1. The number of amides is 1. The number of nitrogens with zero attached hydrogens (tertiary/aromatic N) is 1. The molecule has 1 fully saturated rings. The Bertz CT molecular complexity index is 693. The lowest BCUT2D eigenvalue weighted by Gasteiger charge is -2.26. The number of nitrogens with two attached hydrogens (primary N) is 1. The molecule has 0 radical (unpaired) electrons. The summed E-state index contributed by atoms with van der Waals surface area (Å²) in [6.07, 6.45) is 4.90. The summed E-state index contributed by atoms with van der Waals surface area (Å²) in [5.41, 5.74) is 8.18. The van der Waals surface area contributed by atoms with Gasteiger partial charge in [0.15, 0.2) is 0 Å². The monoisotopic (exact) mass is 283 g/mol. The minimum absolute atomic E-state index is 0.0711. The number of pyridine rings is 1. The molecule has 4 heteroatoms. The van der Waals surface area contributed by atoms with E-state index < -0.39 is 0 Å². The van der Waals surface area contributed by atoms with Gasteiger partial charge in [0.1, 0.15) is 0 Å². The zero-order valence-electron chi connectivity index (χ0n) is 12.5. The van der Waals surface area contributed by atoms with Crippen molar-refractivity contribution in [3.8, 4) is 0 Å². The second-order valence-corrected chi connectivity index (χ2v) is 6.52. The molecule has 0 aliphatic heterocycles. The number of carbonyl (C=O) groups is 1. The van der Waals surface area contributed by atoms with E-state index in [0.717, 1.165) is 35.9 Å². The number of aromatic nitrogens is 1. The second kappa shape index (κ2) is 5.02. The van der Waals surface area contributed by atoms with Gasteiger partial charge >= 0.3 is 0 Å². The van der Waals surface area contributed by atoms with E-state index >= 15 is 0 Å². The first-order valence-corrected chi connectivity index (χ1v) is 7.43. The number of fused-ring (bicyclic) bond motifs is 1. The van der Waals surface area contributed by atoms with E-state index in [1.165, 1.54) is 0 Å². The van der Waals surface area contributed by atoms with Gasteiger partial charge in [0.05, 0.1) is 16.9 Å². The Labute approximate surface area is 124 Å². The van der Waals surface area contributed by atoms with Crippen molar-refractivity contribution in [3.63, 3.8) is 0 Å². The number of carbonyl (C=O) groups excluding carboxylic acids is 1. The molecular formula is C17H21N3O. The third kappa shape index (κ3) is 2.46. The van der Waals surface area contributed by atoms with Crippen LogP contribution < -0.4 is 11.1 Å². The van der Waals surface area contributed by atoms with Crippen molar-refractivity contribution in [3.05, 3.63) is 30.5 Å². The van der Waals surface area contributed by atoms with Crippen LogP contribution >= 0.6 is 0 Å². The molecule has 3 N–H and O–H groups in total. The molecule has 110 valence electrons. The number of benzene rings is 1. The summed E-state index contributed by atoms with van der Waals surface area (Å²) in [5, 5.41) is 3.97. The standard InChI is InChI=1S/C17H21N3O/c1-17(2)9-3-6-12(17)16(21)20-14-8-7-13(18)15-11(14)5-4-10-19-15/h4-5,7-8,10,12H,3,6,9,18H2,1-2H3,(H,20,21). The Morgan fingerprint density at radius 1 is 1.38 bits per heavy atom. The number of anilines is 2. The molecule has 1 aliphatic rings. The third-order valence-corrected chi connectivity index (χ3v) is 4.63. The molecule has 2 aromatic rings. The fourth-order valence-corrected chi connectivity index (χ4v) is 3.34. The van der Waals surface area contributed by atoms with Gasteiger partial charge in [-0.1, -0.05) is 20.3 Å². The SMILES string of the molecule is CC1(C)CCCC1C(=O)Nc1ccc(N)c2ncccc12. The van der Waals surface area contributed by atoms with Crippen molar-refractivity contribution < 1.29 is 4.79 Å². The van der Waals surface area contributed by atoms with Gasteiger partial charge in [-0.25, -0.2) is 0 Å². The van der Waals surface area contributed by atoms with Crippen LogP contribution in [0, 0.1) is 11.3 Å². The van der Waals surface area contributed by atoms with Crippen LogP contribution in [-0.4, -0.2) is 10.9 Å². The molecule has 0 spiro atoms. The van der Waals surface area contributed by atoms with Crippen LogP contribution in [0.25, 0.3) is 10.9 Å². The van der Waals surface area contributed by atoms with Crippen molar-refractivity contribution in [2.75, 3.05) is 11.1 Å². The molecule has 1 aliphatic carbocycles. The van der Waals surface area contributed by atoms with Crippen LogP contribution in [0.1, 0.15) is 33.1 Å². The summed E-state index contributed by atoms with van der Waals surface area (Å²) >= 11 is 0. The molecule has 4 nitrogen and oxygen atoms in total.